The molecule has 0 N–H and O–H groups in total. The minimum absolute atomic E-state index is 0. The van der Waals surface area contributed by atoms with Gasteiger partial charge in [-0.25, -0.2) is 0 Å². The van der Waals surface area contributed by atoms with Gasteiger partial charge in [-0.05, 0) is 19.3 Å². The van der Waals surface area contributed by atoms with Gasteiger partial charge in [0.2, 0.25) is 0 Å². The van der Waals surface area contributed by atoms with Crippen LogP contribution in [-0.2, 0) is 37.5 Å². The fraction of sp³-hybridized carbons (Fsp3) is 0.700. The van der Waals surface area contributed by atoms with Crippen LogP contribution in [0.15, 0.2) is 6.08 Å². The average molecular weight is 242 g/mol. The summed E-state index contributed by atoms with van der Waals surface area (Å²) in [5.41, 5.74) is 0. The molecule has 0 amide bonds. The summed E-state index contributed by atoms with van der Waals surface area (Å²) in [7, 11) is 0. The van der Waals surface area contributed by atoms with Gasteiger partial charge in [0.25, 0.3) is 0 Å². The van der Waals surface area contributed by atoms with Crippen molar-refractivity contribution >= 4 is 5.78 Å². The van der Waals surface area contributed by atoms with Gasteiger partial charge < -0.3 is 11.4 Å². The SMILES string of the molecule is [CH-]=C[C@@H](C)C[C@@H](C)CC(C)=O.[Y]. The quantitative estimate of drug-likeness (QED) is 0.677. The van der Waals surface area contributed by atoms with Crippen molar-refractivity contribution in [1.29, 1.82) is 0 Å². The van der Waals surface area contributed by atoms with Crippen molar-refractivity contribution in [2.24, 2.45) is 11.8 Å². The molecule has 0 aromatic heterocycles. The van der Waals surface area contributed by atoms with E-state index in [2.05, 4.69) is 13.8 Å². The Morgan fingerprint density at radius 3 is 2.33 bits per heavy atom. The summed E-state index contributed by atoms with van der Waals surface area (Å²) in [6.45, 7) is 11.1. The van der Waals surface area contributed by atoms with E-state index < -0.39 is 0 Å². The molecule has 67 valence electrons. The second-order valence-electron chi connectivity index (χ2n) is 3.42. The Morgan fingerprint density at radius 2 is 2.00 bits per heavy atom. The third kappa shape index (κ3) is 8.61. The van der Waals surface area contributed by atoms with E-state index in [1.807, 2.05) is 0 Å². The standard InChI is InChI=1S/C10H17O.Y/c1-5-8(2)6-9(3)7-10(4)11;/h1,5,8-9H,6-7H2,2-4H3;/q-1;/t8-,9-;/m1./s1. The van der Waals surface area contributed by atoms with E-state index in [4.69, 9.17) is 6.58 Å². The maximum atomic E-state index is 10.7. The predicted molar refractivity (Wildman–Crippen MR) is 47.1 cm³/mol. The number of hydrogen-bond acceptors (Lipinski definition) is 1. The van der Waals surface area contributed by atoms with Crippen LogP contribution in [0.3, 0.4) is 0 Å². The van der Waals surface area contributed by atoms with Crippen LogP contribution in [0.2, 0.25) is 0 Å². The van der Waals surface area contributed by atoms with Gasteiger partial charge >= 0.3 is 0 Å². The molecule has 0 unspecified atom stereocenters. The topological polar surface area (TPSA) is 17.1 Å². The van der Waals surface area contributed by atoms with Crippen molar-refractivity contribution in [3.63, 3.8) is 0 Å². The zero-order valence-corrected chi connectivity index (χ0v) is 11.0. The molecule has 12 heavy (non-hydrogen) atoms. The smallest absolute Gasteiger partial charge is 0.130 e. The molecule has 0 aromatic rings. The molecule has 2 heteroatoms. The number of Topliss-reactive ketones (excluding diaryl/α,β-unsaturated/α-hetero) is 1. The second-order valence-corrected chi connectivity index (χ2v) is 3.42. The molecule has 0 fully saturated rings. The van der Waals surface area contributed by atoms with Gasteiger partial charge in [0.15, 0.2) is 0 Å². The van der Waals surface area contributed by atoms with Crippen molar-refractivity contribution in [3.05, 3.63) is 12.7 Å². The fourth-order valence-electron chi connectivity index (χ4n) is 1.29. The van der Waals surface area contributed by atoms with Crippen LogP contribution >= 0.6 is 0 Å². The Bertz CT molecular complexity index is 143. The van der Waals surface area contributed by atoms with Gasteiger partial charge in [0.05, 0.1) is 0 Å². The molecule has 0 aromatic carbocycles. The first-order chi connectivity index (χ1) is 5.06. The molecule has 0 heterocycles. The van der Waals surface area contributed by atoms with Crippen LogP contribution in [0.25, 0.3) is 0 Å². The Kier molecular flexibility index (Phi) is 10.2. The van der Waals surface area contributed by atoms with Crippen LogP contribution in [0, 0.1) is 18.4 Å². The number of carbonyl (C=O) groups excluding carboxylic acids is 1. The minimum Gasteiger partial charge on any atom is -0.518 e. The Hall–Kier alpha value is 0.514. The molecule has 0 rings (SSSR count). The first-order valence-corrected chi connectivity index (χ1v) is 4.10. The minimum atomic E-state index is 0. The van der Waals surface area contributed by atoms with Crippen molar-refractivity contribution in [2.75, 3.05) is 0 Å². The first kappa shape index (κ1) is 15.0. The van der Waals surface area contributed by atoms with Crippen molar-refractivity contribution < 1.29 is 37.5 Å². The van der Waals surface area contributed by atoms with Gasteiger partial charge in [-0.1, -0.05) is 19.8 Å². The number of carbonyl (C=O) groups is 1. The molecular weight excluding hydrogens is 225 g/mol. The van der Waals surface area contributed by atoms with Crippen LogP contribution in [0.1, 0.15) is 33.6 Å². The van der Waals surface area contributed by atoms with Crippen molar-refractivity contribution in [3.8, 4) is 0 Å². The zero-order valence-electron chi connectivity index (χ0n) is 8.21. The summed E-state index contributed by atoms with van der Waals surface area (Å²) in [4.78, 5) is 10.7. The van der Waals surface area contributed by atoms with E-state index in [0.717, 1.165) is 6.42 Å². The fourth-order valence-corrected chi connectivity index (χ4v) is 1.29. The monoisotopic (exact) mass is 242 g/mol. The number of rotatable bonds is 5. The third-order valence-electron chi connectivity index (χ3n) is 1.74. The molecular formula is C10H17OY-. The molecule has 0 aliphatic heterocycles. The molecule has 2 atom stereocenters. The molecule has 0 saturated heterocycles. The summed E-state index contributed by atoms with van der Waals surface area (Å²) < 4.78 is 0. The molecule has 0 aliphatic carbocycles. The van der Waals surface area contributed by atoms with Gasteiger partial charge in [-0.15, -0.1) is 0 Å². The van der Waals surface area contributed by atoms with E-state index in [1.165, 1.54) is 0 Å². The van der Waals surface area contributed by atoms with Crippen LogP contribution in [-0.4, -0.2) is 5.78 Å². The average Bonchev–Trinajstić information content (AvgIpc) is 1.85. The van der Waals surface area contributed by atoms with Gasteiger partial charge in [-0.3, -0.25) is 6.08 Å². The predicted octanol–water partition coefficient (Wildman–Crippen LogP) is 2.61. The number of ketones is 1. The molecule has 0 spiro atoms. The maximum Gasteiger partial charge on any atom is 0.130 e. The summed E-state index contributed by atoms with van der Waals surface area (Å²) in [6.07, 6.45) is 3.38. The van der Waals surface area contributed by atoms with E-state index in [-0.39, 0.29) is 38.5 Å². The van der Waals surface area contributed by atoms with E-state index in [9.17, 15) is 4.79 Å². The van der Waals surface area contributed by atoms with Gasteiger partial charge in [0.1, 0.15) is 5.78 Å². The summed E-state index contributed by atoms with van der Waals surface area (Å²) in [5.74, 6) is 1.15. The summed E-state index contributed by atoms with van der Waals surface area (Å²) in [5, 5.41) is 0. The summed E-state index contributed by atoms with van der Waals surface area (Å²) >= 11 is 0. The molecule has 1 radical (unpaired) electrons. The largest absolute Gasteiger partial charge is 0.518 e. The van der Waals surface area contributed by atoms with Crippen molar-refractivity contribution in [1.82, 2.24) is 0 Å². The van der Waals surface area contributed by atoms with Gasteiger partial charge in [-0.2, -0.15) is 0 Å². The van der Waals surface area contributed by atoms with Crippen LogP contribution in [0.4, 0.5) is 0 Å². The first-order valence-electron chi connectivity index (χ1n) is 4.10. The molecule has 0 bridgehead atoms. The third-order valence-corrected chi connectivity index (χ3v) is 1.74. The van der Waals surface area contributed by atoms with Crippen LogP contribution < -0.4 is 0 Å². The molecule has 1 nitrogen and oxygen atoms in total. The Balaban J connectivity index is 0. The normalized spacial score (nSPS) is 14.2. The second kappa shape index (κ2) is 8.13. The van der Waals surface area contributed by atoms with E-state index in [1.54, 1.807) is 13.0 Å². The molecule has 0 aliphatic rings. The van der Waals surface area contributed by atoms with Crippen LogP contribution in [0.5, 0.6) is 0 Å². The Labute approximate surface area is 101 Å². The van der Waals surface area contributed by atoms with E-state index >= 15 is 0 Å². The number of allylic oxidation sites excluding steroid dienone is 1. The van der Waals surface area contributed by atoms with Gasteiger partial charge in [0, 0.05) is 39.1 Å². The van der Waals surface area contributed by atoms with Crippen molar-refractivity contribution in [2.45, 2.75) is 33.6 Å². The molecule has 0 saturated carbocycles. The van der Waals surface area contributed by atoms with E-state index in [0.29, 0.717) is 18.3 Å². The number of hydrogen-bond donors (Lipinski definition) is 0. The summed E-state index contributed by atoms with van der Waals surface area (Å²) in [6, 6.07) is 0. The zero-order chi connectivity index (χ0) is 8.85. The maximum absolute atomic E-state index is 10.7. The Morgan fingerprint density at radius 1 is 1.50 bits per heavy atom.